The lowest BCUT2D eigenvalue weighted by Crippen LogP contribution is -2.01. The van der Waals surface area contributed by atoms with Crippen LogP contribution in [0.1, 0.15) is 51.9 Å². The minimum atomic E-state index is 0.666. The molecular formula is C15H25N. The largest absolute Gasteiger partial charge is 0.297 e. The molecule has 0 saturated heterocycles. The summed E-state index contributed by atoms with van der Waals surface area (Å²) in [6.45, 7) is 3.22. The molecule has 0 aromatic heterocycles. The summed E-state index contributed by atoms with van der Waals surface area (Å²) < 4.78 is 0. The van der Waals surface area contributed by atoms with Gasteiger partial charge in [-0.3, -0.25) is 4.99 Å². The van der Waals surface area contributed by atoms with Crippen LogP contribution in [0.2, 0.25) is 0 Å². The Morgan fingerprint density at radius 3 is 2.62 bits per heavy atom. The van der Waals surface area contributed by atoms with Crippen LogP contribution >= 0.6 is 0 Å². The molecule has 0 aromatic rings. The first-order chi connectivity index (χ1) is 7.93. The van der Waals surface area contributed by atoms with E-state index in [1.54, 1.807) is 0 Å². The van der Waals surface area contributed by atoms with Crippen molar-refractivity contribution in [2.45, 2.75) is 51.9 Å². The second-order valence-electron chi connectivity index (χ2n) is 4.50. The Morgan fingerprint density at radius 2 is 1.81 bits per heavy atom. The maximum Gasteiger partial charge on any atom is 0.0420 e. The van der Waals surface area contributed by atoms with Gasteiger partial charge in [0.05, 0.1) is 0 Å². The molecule has 0 aliphatic carbocycles. The van der Waals surface area contributed by atoms with Crippen LogP contribution in [0.5, 0.6) is 0 Å². The molecule has 0 radical (unpaired) electrons. The number of nitrogens with zero attached hydrogens (tertiary/aromatic N) is 1. The second kappa shape index (κ2) is 9.38. The molecule has 1 unspecified atom stereocenters. The van der Waals surface area contributed by atoms with Gasteiger partial charge in [0.2, 0.25) is 0 Å². The van der Waals surface area contributed by atoms with E-state index in [0.717, 1.165) is 13.0 Å². The molecule has 0 amide bonds. The van der Waals surface area contributed by atoms with E-state index in [-0.39, 0.29) is 0 Å². The number of aliphatic imine (C=N–C) groups is 1. The molecule has 16 heavy (non-hydrogen) atoms. The van der Waals surface area contributed by atoms with E-state index in [1.807, 2.05) is 0 Å². The second-order valence-corrected chi connectivity index (χ2v) is 4.50. The molecule has 90 valence electrons. The van der Waals surface area contributed by atoms with Crippen molar-refractivity contribution in [1.29, 1.82) is 0 Å². The Labute approximate surface area is 100 Å². The summed E-state index contributed by atoms with van der Waals surface area (Å²) in [5.74, 6) is 0.666. The molecule has 0 aromatic carbocycles. The monoisotopic (exact) mass is 219 g/mol. The smallest absolute Gasteiger partial charge is 0.0420 e. The van der Waals surface area contributed by atoms with E-state index >= 15 is 0 Å². The molecule has 1 aliphatic heterocycles. The van der Waals surface area contributed by atoms with Crippen LogP contribution in [0, 0.1) is 5.92 Å². The molecule has 0 N–H and O–H groups in total. The average molecular weight is 219 g/mol. The van der Waals surface area contributed by atoms with Gasteiger partial charge in [0.25, 0.3) is 0 Å². The predicted molar refractivity (Wildman–Crippen MR) is 73.1 cm³/mol. The summed E-state index contributed by atoms with van der Waals surface area (Å²) in [5.41, 5.74) is 0. The van der Waals surface area contributed by atoms with Crippen molar-refractivity contribution in [2.75, 3.05) is 6.54 Å². The first-order valence-corrected chi connectivity index (χ1v) is 6.73. The van der Waals surface area contributed by atoms with E-state index in [2.05, 4.69) is 42.4 Å². The van der Waals surface area contributed by atoms with E-state index in [4.69, 9.17) is 0 Å². The van der Waals surface area contributed by atoms with E-state index in [1.165, 1.54) is 38.5 Å². The van der Waals surface area contributed by atoms with Crippen molar-refractivity contribution >= 4 is 6.21 Å². The summed E-state index contributed by atoms with van der Waals surface area (Å²) in [4.78, 5) is 4.53. The molecule has 0 saturated carbocycles. The summed E-state index contributed by atoms with van der Waals surface area (Å²) in [5, 5.41) is 0. The highest BCUT2D eigenvalue weighted by Gasteiger charge is 2.02. The van der Waals surface area contributed by atoms with E-state index < -0.39 is 0 Å². The van der Waals surface area contributed by atoms with Crippen LogP contribution < -0.4 is 0 Å². The van der Waals surface area contributed by atoms with Gasteiger partial charge in [0, 0.05) is 12.8 Å². The van der Waals surface area contributed by atoms with Gasteiger partial charge in [-0.2, -0.15) is 0 Å². The van der Waals surface area contributed by atoms with Crippen molar-refractivity contribution in [3.63, 3.8) is 0 Å². The normalized spacial score (nSPS) is 26.7. The van der Waals surface area contributed by atoms with Gasteiger partial charge < -0.3 is 0 Å². The highest BCUT2D eigenvalue weighted by molar-refractivity contribution is 5.60. The Kier molecular flexibility index (Phi) is 7.75. The maximum absolute atomic E-state index is 4.53. The third-order valence-electron chi connectivity index (χ3n) is 2.94. The Hall–Kier alpha value is -0.850. The standard InChI is InChI=1S/C15H25N/c1-2-3-11-15-12-9-7-5-4-6-8-10-13-16-14-15/h6-9,14-15H,2-5,10-13H2,1H3/b8-6+,9-7+,16-14?. The fourth-order valence-corrected chi connectivity index (χ4v) is 1.91. The number of hydrogen-bond donors (Lipinski definition) is 0. The van der Waals surface area contributed by atoms with Crippen LogP contribution in [0.4, 0.5) is 0 Å². The summed E-state index contributed by atoms with van der Waals surface area (Å²) >= 11 is 0. The Balaban J connectivity index is 2.43. The van der Waals surface area contributed by atoms with Crippen LogP contribution in [-0.2, 0) is 0 Å². The molecule has 1 atom stereocenters. The van der Waals surface area contributed by atoms with Gasteiger partial charge in [-0.25, -0.2) is 0 Å². The van der Waals surface area contributed by atoms with Crippen molar-refractivity contribution < 1.29 is 0 Å². The number of hydrogen-bond acceptors (Lipinski definition) is 1. The summed E-state index contributed by atoms with van der Waals surface area (Å²) in [7, 11) is 0. The molecule has 0 fully saturated rings. The molecule has 1 heteroatoms. The Morgan fingerprint density at radius 1 is 1.06 bits per heavy atom. The van der Waals surface area contributed by atoms with Gasteiger partial charge in [0.15, 0.2) is 0 Å². The fraction of sp³-hybridized carbons (Fsp3) is 0.667. The van der Waals surface area contributed by atoms with Crippen LogP contribution in [-0.4, -0.2) is 12.8 Å². The minimum absolute atomic E-state index is 0.666. The van der Waals surface area contributed by atoms with Gasteiger partial charge in [-0.1, -0.05) is 44.1 Å². The van der Waals surface area contributed by atoms with Gasteiger partial charge in [0.1, 0.15) is 0 Å². The maximum atomic E-state index is 4.53. The predicted octanol–water partition coefficient (Wildman–Crippen LogP) is 4.55. The lowest BCUT2D eigenvalue weighted by Gasteiger charge is -2.08. The number of rotatable bonds is 3. The SMILES string of the molecule is CCCCC1C=NCC/C=C/CC/C=C/C1. The zero-order valence-corrected chi connectivity index (χ0v) is 10.6. The fourth-order valence-electron chi connectivity index (χ4n) is 1.91. The molecule has 0 bridgehead atoms. The minimum Gasteiger partial charge on any atom is -0.297 e. The summed E-state index contributed by atoms with van der Waals surface area (Å²) in [6, 6.07) is 0. The first kappa shape index (κ1) is 13.2. The molecule has 1 aliphatic rings. The zero-order valence-electron chi connectivity index (χ0n) is 10.6. The third-order valence-corrected chi connectivity index (χ3v) is 2.94. The highest BCUT2D eigenvalue weighted by atomic mass is 14.7. The third kappa shape index (κ3) is 6.60. The Bertz CT molecular complexity index is 238. The lowest BCUT2D eigenvalue weighted by molar-refractivity contribution is 0.595. The summed E-state index contributed by atoms with van der Waals surface area (Å²) in [6.07, 6.45) is 19.9. The highest BCUT2D eigenvalue weighted by Crippen LogP contribution is 2.12. The first-order valence-electron chi connectivity index (χ1n) is 6.73. The molecule has 1 rings (SSSR count). The lowest BCUT2D eigenvalue weighted by atomic mass is 9.99. The molecule has 0 spiro atoms. The van der Waals surface area contributed by atoms with Crippen molar-refractivity contribution in [3.05, 3.63) is 24.3 Å². The van der Waals surface area contributed by atoms with Crippen molar-refractivity contribution in [1.82, 2.24) is 0 Å². The molecule has 1 nitrogen and oxygen atoms in total. The van der Waals surface area contributed by atoms with E-state index in [0.29, 0.717) is 5.92 Å². The topological polar surface area (TPSA) is 12.4 Å². The van der Waals surface area contributed by atoms with Crippen LogP contribution in [0.3, 0.4) is 0 Å². The van der Waals surface area contributed by atoms with Crippen molar-refractivity contribution in [2.24, 2.45) is 10.9 Å². The average Bonchev–Trinajstić information content (AvgIpc) is 2.28. The molecular weight excluding hydrogens is 194 g/mol. The van der Waals surface area contributed by atoms with Crippen LogP contribution in [0.25, 0.3) is 0 Å². The molecule has 1 heterocycles. The van der Waals surface area contributed by atoms with Crippen molar-refractivity contribution in [3.8, 4) is 0 Å². The van der Waals surface area contributed by atoms with E-state index in [9.17, 15) is 0 Å². The van der Waals surface area contributed by atoms with Gasteiger partial charge >= 0.3 is 0 Å². The zero-order chi connectivity index (χ0) is 11.5. The van der Waals surface area contributed by atoms with Crippen LogP contribution in [0.15, 0.2) is 29.3 Å². The quantitative estimate of drug-likeness (QED) is 0.617. The van der Waals surface area contributed by atoms with Gasteiger partial charge in [-0.05, 0) is 38.0 Å². The van der Waals surface area contributed by atoms with Gasteiger partial charge in [-0.15, -0.1) is 0 Å². The number of unbranched alkanes of at least 4 members (excludes halogenated alkanes) is 1. The number of allylic oxidation sites excluding steroid dienone is 3.